The third-order valence-electron chi connectivity index (χ3n) is 3.18. The maximum Gasteiger partial charge on any atom is 0.142 e. The molecule has 0 fully saturated rings. The second-order valence-corrected chi connectivity index (χ2v) is 5.47. The molecule has 0 bridgehead atoms. The van der Waals surface area contributed by atoms with Crippen molar-refractivity contribution in [2.75, 3.05) is 17.3 Å². The Morgan fingerprint density at radius 1 is 1.30 bits per heavy atom. The highest BCUT2D eigenvalue weighted by Gasteiger charge is 2.17. The standard InChI is InChI=1S/C14H15BrN4O/c15-11-6-9-4-5-20-14(9)10(7-11)8-17-12-2-1-3-13(18-12)19-16/h1-3,6-7H,4-5,8,16H2,(H2,17,18,19). The molecular weight excluding hydrogens is 320 g/mol. The molecular formula is C14H15BrN4O. The first-order chi connectivity index (χ1) is 9.76. The lowest BCUT2D eigenvalue weighted by Crippen LogP contribution is -2.10. The Labute approximate surface area is 125 Å². The number of pyridine rings is 1. The highest BCUT2D eigenvalue weighted by Crippen LogP contribution is 2.33. The number of nitrogens with one attached hydrogen (secondary N) is 2. The van der Waals surface area contributed by atoms with E-state index in [9.17, 15) is 0 Å². The number of ether oxygens (including phenoxy) is 1. The summed E-state index contributed by atoms with van der Waals surface area (Å²) in [6.45, 7) is 1.41. The average molecular weight is 335 g/mol. The fourth-order valence-corrected chi connectivity index (χ4v) is 2.83. The van der Waals surface area contributed by atoms with E-state index in [1.165, 1.54) is 5.56 Å². The van der Waals surface area contributed by atoms with Crippen LogP contribution in [0.4, 0.5) is 11.6 Å². The third-order valence-corrected chi connectivity index (χ3v) is 3.64. The molecule has 1 aliphatic heterocycles. The van der Waals surface area contributed by atoms with Gasteiger partial charge in [-0.1, -0.05) is 22.0 Å². The Morgan fingerprint density at radius 3 is 3.00 bits per heavy atom. The molecule has 2 aromatic rings. The zero-order valence-electron chi connectivity index (χ0n) is 10.8. The molecule has 0 saturated heterocycles. The van der Waals surface area contributed by atoms with Gasteiger partial charge in [0.15, 0.2) is 0 Å². The van der Waals surface area contributed by atoms with Gasteiger partial charge in [-0.25, -0.2) is 10.8 Å². The summed E-state index contributed by atoms with van der Waals surface area (Å²) < 4.78 is 6.78. The first kappa shape index (κ1) is 13.2. The molecule has 20 heavy (non-hydrogen) atoms. The normalized spacial score (nSPS) is 12.7. The van der Waals surface area contributed by atoms with Crippen molar-refractivity contribution in [2.45, 2.75) is 13.0 Å². The van der Waals surface area contributed by atoms with E-state index in [0.29, 0.717) is 12.4 Å². The Balaban J connectivity index is 1.78. The summed E-state index contributed by atoms with van der Waals surface area (Å²) in [6.07, 6.45) is 0.965. The molecule has 0 amide bonds. The number of hydrogen-bond donors (Lipinski definition) is 3. The summed E-state index contributed by atoms with van der Waals surface area (Å²) >= 11 is 3.54. The molecule has 5 nitrogen and oxygen atoms in total. The summed E-state index contributed by atoms with van der Waals surface area (Å²) in [4.78, 5) is 4.32. The largest absolute Gasteiger partial charge is 0.493 e. The fraction of sp³-hybridized carbons (Fsp3) is 0.214. The zero-order chi connectivity index (χ0) is 13.9. The van der Waals surface area contributed by atoms with E-state index >= 15 is 0 Å². The second-order valence-electron chi connectivity index (χ2n) is 4.56. The molecule has 1 aromatic heterocycles. The lowest BCUT2D eigenvalue weighted by Gasteiger charge is -2.11. The molecule has 0 atom stereocenters. The van der Waals surface area contributed by atoms with Crippen molar-refractivity contribution in [1.29, 1.82) is 0 Å². The van der Waals surface area contributed by atoms with Crippen molar-refractivity contribution in [2.24, 2.45) is 5.84 Å². The Morgan fingerprint density at radius 2 is 2.15 bits per heavy atom. The van der Waals surface area contributed by atoms with Crippen molar-refractivity contribution in [3.05, 3.63) is 45.9 Å². The SMILES string of the molecule is NNc1cccc(NCc2cc(Br)cc3c2OCC3)n1. The van der Waals surface area contributed by atoms with Crippen LogP contribution >= 0.6 is 15.9 Å². The minimum atomic E-state index is 0.630. The maximum absolute atomic E-state index is 5.70. The zero-order valence-corrected chi connectivity index (χ0v) is 12.4. The van der Waals surface area contributed by atoms with E-state index < -0.39 is 0 Å². The Kier molecular flexibility index (Phi) is 3.75. The molecule has 6 heteroatoms. The number of nitrogen functional groups attached to an aromatic ring is 1. The first-order valence-electron chi connectivity index (χ1n) is 6.38. The second kappa shape index (κ2) is 5.68. The van der Waals surface area contributed by atoms with Crippen LogP contribution in [0.3, 0.4) is 0 Å². The van der Waals surface area contributed by atoms with E-state index in [0.717, 1.165) is 34.6 Å². The number of nitrogens with two attached hydrogens (primary N) is 1. The molecule has 0 radical (unpaired) electrons. The van der Waals surface area contributed by atoms with Gasteiger partial charge in [0.25, 0.3) is 0 Å². The third kappa shape index (κ3) is 2.71. The van der Waals surface area contributed by atoms with Crippen molar-refractivity contribution >= 4 is 27.6 Å². The molecule has 1 aliphatic rings. The van der Waals surface area contributed by atoms with Crippen LogP contribution in [0.25, 0.3) is 0 Å². The summed E-state index contributed by atoms with van der Waals surface area (Å²) in [5.74, 6) is 7.75. The molecule has 3 rings (SSSR count). The molecule has 0 aliphatic carbocycles. The minimum absolute atomic E-state index is 0.630. The van der Waals surface area contributed by atoms with Crippen LogP contribution in [-0.4, -0.2) is 11.6 Å². The van der Waals surface area contributed by atoms with Crippen LogP contribution in [0.15, 0.2) is 34.8 Å². The number of nitrogens with zero attached hydrogens (tertiary/aromatic N) is 1. The van der Waals surface area contributed by atoms with Gasteiger partial charge in [0.1, 0.15) is 17.4 Å². The number of rotatable bonds is 4. The number of hydrazine groups is 1. The van der Waals surface area contributed by atoms with Crippen LogP contribution in [0.2, 0.25) is 0 Å². The maximum atomic E-state index is 5.70. The van der Waals surface area contributed by atoms with E-state index in [1.54, 1.807) is 0 Å². The first-order valence-corrected chi connectivity index (χ1v) is 7.17. The van der Waals surface area contributed by atoms with Crippen molar-refractivity contribution < 1.29 is 4.74 Å². The molecule has 4 N–H and O–H groups in total. The van der Waals surface area contributed by atoms with E-state index in [-0.39, 0.29) is 0 Å². The number of hydrogen-bond acceptors (Lipinski definition) is 5. The van der Waals surface area contributed by atoms with Gasteiger partial charge in [0, 0.05) is 23.0 Å². The number of anilines is 2. The summed E-state index contributed by atoms with van der Waals surface area (Å²) in [6, 6.07) is 9.79. The molecule has 1 aromatic carbocycles. The molecule has 0 saturated carbocycles. The number of fused-ring (bicyclic) bond motifs is 1. The molecule has 0 unspecified atom stereocenters. The highest BCUT2D eigenvalue weighted by atomic mass is 79.9. The van der Waals surface area contributed by atoms with Crippen molar-refractivity contribution in [1.82, 2.24) is 4.98 Å². The van der Waals surface area contributed by atoms with Gasteiger partial charge in [-0.3, -0.25) is 0 Å². The van der Waals surface area contributed by atoms with Crippen molar-refractivity contribution in [3.63, 3.8) is 0 Å². The van der Waals surface area contributed by atoms with Crippen LogP contribution < -0.4 is 21.3 Å². The number of benzene rings is 1. The predicted octanol–water partition coefficient (Wildman–Crippen LogP) is 2.68. The Bertz CT molecular complexity index is 633. The molecule has 0 spiro atoms. The van der Waals surface area contributed by atoms with E-state index in [2.05, 4.69) is 43.8 Å². The monoisotopic (exact) mass is 334 g/mol. The Hall–Kier alpha value is -1.79. The average Bonchev–Trinajstić information content (AvgIpc) is 2.93. The van der Waals surface area contributed by atoms with Crippen LogP contribution in [0.5, 0.6) is 5.75 Å². The summed E-state index contributed by atoms with van der Waals surface area (Å²) in [5, 5.41) is 3.29. The molecule has 2 heterocycles. The number of aromatic nitrogens is 1. The lowest BCUT2D eigenvalue weighted by molar-refractivity contribution is 0.354. The van der Waals surface area contributed by atoms with Gasteiger partial charge in [-0.15, -0.1) is 0 Å². The van der Waals surface area contributed by atoms with Crippen LogP contribution in [0.1, 0.15) is 11.1 Å². The van der Waals surface area contributed by atoms with Gasteiger partial charge < -0.3 is 15.5 Å². The smallest absolute Gasteiger partial charge is 0.142 e. The molecule has 104 valence electrons. The topological polar surface area (TPSA) is 72.2 Å². The lowest BCUT2D eigenvalue weighted by atomic mass is 10.1. The van der Waals surface area contributed by atoms with Crippen molar-refractivity contribution in [3.8, 4) is 5.75 Å². The fourth-order valence-electron chi connectivity index (χ4n) is 2.28. The van der Waals surface area contributed by atoms with E-state index in [4.69, 9.17) is 10.6 Å². The van der Waals surface area contributed by atoms with Gasteiger partial charge >= 0.3 is 0 Å². The quantitative estimate of drug-likeness (QED) is 0.592. The van der Waals surface area contributed by atoms with Gasteiger partial charge in [-0.05, 0) is 29.8 Å². The van der Waals surface area contributed by atoms with Crippen LogP contribution in [0, 0.1) is 0 Å². The number of halogens is 1. The minimum Gasteiger partial charge on any atom is -0.493 e. The van der Waals surface area contributed by atoms with Gasteiger partial charge in [0.2, 0.25) is 0 Å². The predicted molar refractivity (Wildman–Crippen MR) is 82.7 cm³/mol. The van der Waals surface area contributed by atoms with E-state index in [1.807, 2.05) is 18.2 Å². The summed E-state index contributed by atoms with van der Waals surface area (Å²) in [5.41, 5.74) is 4.91. The van der Waals surface area contributed by atoms with Crippen LogP contribution in [-0.2, 0) is 13.0 Å². The van der Waals surface area contributed by atoms with Gasteiger partial charge in [0.05, 0.1) is 6.61 Å². The highest BCUT2D eigenvalue weighted by molar-refractivity contribution is 9.10. The van der Waals surface area contributed by atoms with Gasteiger partial charge in [-0.2, -0.15) is 0 Å². The summed E-state index contributed by atoms with van der Waals surface area (Å²) in [7, 11) is 0.